The summed E-state index contributed by atoms with van der Waals surface area (Å²) in [6.45, 7) is 3.48. The summed E-state index contributed by atoms with van der Waals surface area (Å²) >= 11 is 0. The Balaban J connectivity index is 1.40. The fourth-order valence-corrected chi connectivity index (χ4v) is 4.73. The van der Waals surface area contributed by atoms with Gasteiger partial charge in [-0.1, -0.05) is 6.07 Å². The largest absolute Gasteiger partial charge is 0.484 e. The summed E-state index contributed by atoms with van der Waals surface area (Å²) in [6, 6.07) is 11.1. The van der Waals surface area contributed by atoms with Crippen molar-refractivity contribution < 1.29 is 43.4 Å². The highest BCUT2D eigenvalue weighted by Crippen LogP contribution is 2.16. The Labute approximate surface area is 331 Å². The zero-order valence-electron chi connectivity index (χ0n) is 31.5. The zero-order chi connectivity index (χ0) is 42.6. The molecule has 0 saturated heterocycles. The van der Waals surface area contributed by atoms with Gasteiger partial charge < -0.3 is 47.9 Å². The average Bonchev–Trinajstić information content (AvgIpc) is 3.17. The Kier molecular flexibility index (Phi) is 17.4. The van der Waals surface area contributed by atoms with Gasteiger partial charge in [-0.2, -0.15) is 5.10 Å². The van der Waals surface area contributed by atoms with Crippen LogP contribution in [0.4, 0.5) is 22.0 Å². The number of carboxylic acid groups (broad SMARTS) is 1. The predicted octanol–water partition coefficient (Wildman–Crippen LogP) is 0.570. The summed E-state index contributed by atoms with van der Waals surface area (Å²) in [6.07, 6.45) is 1.79. The van der Waals surface area contributed by atoms with Crippen molar-refractivity contribution in [3.05, 3.63) is 78.0 Å². The molecule has 3 aromatic rings. The van der Waals surface area contributed by atoms with Gasteiger partial charge in [-0.3, -0.25) is 45.0 Å². The zero-order valence-corrected chi connectivity index (χ0v) is 31.5. The number of aromatic nitrogens is 1. The van der Waals surface area contributed by atoms with Gasteiger partial charge in [0.25, 0.3) is 17.7 Å². The number of ether oxygens (including phenoxy) is 1. The number of urea groups is 1. The minimum Gasteiger partial charge on any atom is -0.484 e. The summed E-state index contributed by atoms with van der Waals surface area (Å²) in [5.74, 6) is -4.40. The lowest BCUT2D eigenvalue weighted by Gasteiger charge is -2.18. The van der Waals surface area contributed by atoms with Gasteiger partial charge in [0.15, 0.2) is 12.6 Å². The number of carbonyl (C=O) groups is 7. The van der Waals surface area contributed by atoms with Gasteiger partial charge in [-0.05, 0) is 87.7 Å². The van der Waals surface area contributed by atoms with Gasteiger partial charge in [-0.15, -0.1) is 0 Å². The second-order valence-electron chi connectivity index (χ2n) is 12.5. The number of nitrogens with one attached hydrogen (secondary N) is 9. The lowest BCUT2D eigenvalue weighted by atomic mass is 10.1. The SMILES string of the molecule is CC(C)=NNc1ccc(C(=O)NCCCCC(NC(=O)COc2ccc(NC(=O)[C@H](CC(=O)O)NC(=O)NNC(=O)c3cccc(NC(=N)N)c3)cc2)C(N)=O)cn1. The van der Waals surface area contributed by atoms with Crippen LogP contribution in [0.25, 0.3) is 0 Å². The molecular formula is C36H45N13O9. The molecule has 2 atom stereocenters. The summed E-state index contributed by atoms with van der Waals surface area (Å²) in [7, 11) is 0. The van der Waals surface area contributed by atoms with Crippen molar-refractivity contribution in [2.45, 2.75) is 51.6 Å². The highest BCUT2D eigenvalue weighted by Gasteiger charge is 2.24. The lowest BCUT2D eigenvalue weighted by molar-refractivity contribution is -0.139. The van der Waals surface area contributed by atoms with E-state index in [1.807, 2.05) is 19.3 Å². The van der Waals surface area contributed by atoms with Crippen molar-refractivity contribution in [2.24, 2.45) is 16.6 Å². The predicted molar refractivity (Wildman–Crippen MR) is 212 cm³/mol. The third-order valence-electron chi connectivity index (χ3n) is 7.49. The number of pyridine rings is 1. The molecule has 22 heteroatoms. The van der Waals surface area contributed by atoms with Gasteiger partial charge in [0.1, 0.15) is 23.7 Å². The molecule has 0 spiro atoms. The Hall–Kier alpha value is -7.78. The number of rotatable bonds is 20. The third-order valence-corrected chi connectivity index (χ3v) is 7.49. The summed E-state index contributed by atoms with van der Waals surface area (Å²) in [4.78, 5) is 90.2. The number of primary amides is 1. The Bertz CT molecular complexity index is 1990. The Morgan fingerprint density at radius 1 is 0.845 bits per heavy atom. The number of hydrogen-bond donors (Lipinski definition) is 12. The van der Waals surface area contributed by atoms with Crippen LogP contribution in [0, 0.1) is 5.41 Å². The number of carbonyl (C=O) groups excluding carboxylic acids is 6. The number of guanidine groups is 1. The normalized spacial score (nSPS) is 11.3. The van der Waals surface area contributed by atoms with E-state index in [1.165, 1.54) is 48.7 Å². The molecule has 1 unspecified atom stereocenters. The van der Waals surface area contributed by atoms with Gasteiger partial charge in [-0.25, -0.2) is 15.2 Å². The van der Waals surface area contributed by atoms with Crippen molar-refractivity contribution in [2.75, 3.05) is 29.2 Å². The molecule has 0 aliphatic heterocycles. The molecule has 3 rings (SSSR count). The van der Waals surface area contributed by atoms with E-state index in [1.54, 1.807) is 18.2 Å². The van der Waals surface area contributed by atoms with Crippen LogP contribution in [0.1, 0.15) is 60.2 Å². The third kappa shape index (κ3) is 16.3. The summed E-state index contributed by atoms with van der Waals surface area (Å²) < 4.78 is 5.47. The van der Waals surface area contributed by atoms with E-state index in [0.29, 0.717) is 36.5 Å². The number of hydrogen-bond acceptors (Lipinski definition) is 12. The number of aliphatic carboxylic acids is 1. The van der Waals surface area contributed by atoms with Crippen molar-refractivity contribution in [3.63, 3.8) is 0 Å². The minimum absolute atomic E-state index is 0.0876. The quantitative estimate of drug-likeness (QED) is 0.0322. The van der Waals surface area contributed by atoms with Crippen molar-refractivity contribution in [1.29, 1.82) is 5.41 Å². The molecular weight excluding hydrogens is 758 g/mol. The number of anilines is 3. The molecule has 1 aromatic heterocycles. The fourth-order valence-electron chi connectivity index (χ4n) is 4.73. The number of hydrazine groups is 1. The second kappa shape index (κ2) is 22.6. The van der Waals surface area contributed by atoms with Crippen molar-refractivity contribution in [3.8, 4) is 5.75 Å². The van der Waals surface area contributed by atoms with E-state index in [2.05, 4.69) is 47.5 Å². The monoisotopic (exact) mass is 803 g/mol. The van der Waals surface area contributed by atoms with E-state index in [9.17, 15) is 38.7 Å². The molecule has 0 fully saturated rings. The van der Waals surface area contributed by atoms with Crippen LogP contribution < -0.4 is 59.1 Å². The van der Waals surface area contributed by atoms with Crippen LogP contribution in [0.3, 0.4) is 0 Å². The number of unbranched alkanes of at least 4 members (excludes halogenated alkanes) is 1. The molecule has 308 valence electrons. The Morgan fingerprint density at radius 2 is 1.59 bits per heavy atom. The summed E-state index contributed by atoms with van der Waals surface area (Å²) in [5.41, 5.74) is 19.5. The van der Waals surface area contributed by atoms with Crippen LogP contribution in [0.5, 0.6) is 5.75 Å². The van der Waals surface area contributed by atoms with Crippen LogP contribution in [0.15, 0.2) is 72.0 Å². The number of hydrazone groups is 1. The first-order valence-corrected chi connectivity index (χ1v) is 17.5. The summed E-state index contributed by atoms with van der Waals surface area (Å²) in [5, 5.41) is 33.1. The first-order valence-electron chi connectivity index (χ1n) is 17.5. The molecule has 0 aliphatic rings. The first kappa shape index (κ1) is 44.6. The average molecular weight is 804 g/mol. The number of amides is 7. The maximum atomic E-state index is 12.9. The molecule has 0 bridgehead atoms. The number of carboxylic acids is 1. The number of nitrogens with zero attached hydrogens (tertiary/aromatic N) is 2. The van der Waals surface area contributed by atoms with Crippen LogP contribution in [0.2, 0.25) is 0 Å². The van der Waals surface area contributed by atoms with E-state index in [0.717, 1.165) is 5.71 Å². The highest BCUT2D eigenvalue weighted by atomic mass is 16.5. The van der Waals surface area contributed by atoms with E-state index in [-0.39, 0.29) is 35.3 Å². The maximum Gasteiger partial charge on any atom is 0.334 e. The fraction of sp³-hybridized carbons (Fsp3) is 0.278. The minimum atomic E-state index is -1.57. The molecule has 0 radical (unpaired) electrons. The molecule has 22 nitrogen and oxygen atoms in total. The van der Waals surface area contributed by atoms with Gasteiger partial charge in [0, 0.05) is 35.4 Å². The van der Waals surface area contributed by atoms with E-state index < -0.39 is 60.7 Å². The van der Waals surface area contributed by atoms with E-state index >= 15 is 0 Å². The molecule has 1 heterocycles. The van der Waals surface area contributed by atoms with Crippen molar-refractivity contribution >= 4 is 70.4 Å². The molecule has 14 N–H and O–H groups in total. The molecule has 2 aromatic carbocycles. The standard InChI is InChI=1S/C36H45N13O9/c1-20(2)46-47-28-14-9-22(18-41-28)32(54)40-15-4-3-8-26(31(37)53)44-29(50)19-58-25-12-10-23(11-13-25)42-34(56)27(17-30(51)52)45-36(57)49-48-33(55)21-6-5-7-24(16-21)43-35(38)39/h5-7,9-14,16,18,26-27H,3-4,8,15,17,19H2,1-2H3,(H2,37,53)(H,40,54)(H,41,47)(H,42,56)(H,44,50)(H,48,55)(H,51,52)(H4,38,39,43)(H2,45,49,57)/t26?,27-/m0/s1. The first-order chi connectivity index (χ1) is 27.6. The molecule has 0 saturated carbocycles. The number of nitrogens with two attached hydrogens (primary N) is 2. The van der Waals surface area contributed by atoms with Crippen LogP contribution in [-0.4, -0.2) is 88.5 Å². The highest BCUT2D eigenvalue weighted by molar-refractivity contribution is 6.00. The molecule has 0 aliphatic carbocycles. The lowest BCUT2D eigenvalue weighted by Crippen LogP contribution is -2.53. The van der Waals surface area contributed by atoms with Crippen molar-refractivity contribution in [1.82, 2.24) is 31.8 Å². The maximum absolute atomic E-state index is 12.9. The molecule has 58 heavy (non-hydrogen) atoms. The molecule has 7 amide bonds. The van der Waals surface area contributed by atoms with Crippen LogP contribution >= 0.6 is 0 Å². The van der Waals surface area contributed by atoms with Gasteiger partial charge >= 0.3 is 12.0 Å². The smallest absolute Gasteiger partial charge is 0.334 e. The van der Waals surface area contributed by atoms with Crippen LogP contribution in [-0.2, 0) is 19.2 Å². The van der Waals surface area contributed by atoms with E-state index in [4.69, 9.17) is 21.6 Å². The van der Waals surface area contributed by atoms with Gasteiger partial charge in [0.05, 0.1) is 12.0 Å². The topological polar surface area (TPSA) is 346 Å². The Morgan fingerprint density at radius 3 is 2.22 bits per heavy atom. The second-order valence-corrected chi connectivity index (χ2v) is 12.5. The van der Waals surface area contributed by atoms with Gasteiger partial charge in [0.2, 0.25) is 11.8 Å². The number of benzene rings is 2.